The Balaban J connectivity index is 1.99. The first-order valence-corrected chi connectivity index (χ1v) is 5.98. The Bertz CT molecular complexity index is 627. The van der Waals surface area contributed by atoms with Crippen molar-refractivity contribution >= 4 is 16.3 Å². The average Bonchev–Trinajstić information content (AvgIpc) is 2.98. The highest BCUT2D eigenvalue weighted by Gasteiger charge is 2.08. The molecular formula is C12H10N4S. The molecule has 0 radical (unpaired) electrons. The van der Waals surface area contributed by atoms with Gasteiger partial charge in [-0.25, -0.2) is 4.98 Å². The number of hydrogen-bond acceptors (Lipinski definition) is 4. The summed E-state index contributed by atoms with van der Waals surface area (Å²) in [5.74, 6) is 1.46. The molecule has 2 aromatic heterocycles. The van der Waals surface area contributed by atoms with Crippen molar-refractivity contribution in [3.8, 4) is 22.1 Å². The van der Waals surface area contributed by atoms with Crippen molar-refractivity contribution < 1.29 is 0 Å². The van der Waals surface area contributed by atoms with E-state index >= 15 is 0 Å². The number of nitrogens with zero attached hydrogens (tertiary/aromatic N) is 2. The Morgan fingerprint density at radius 1 is 1.06 bits per heavy atom. The molecule has 0 aliphatic carbocycles. The number of anilines is 1. The van der Waals surface area contributed by atoms with Crippen molar-refractivity contribution in [3.63, 3.8) is 0 Å². The molecule has 0 saturated carbocycles. The quantitative estimate of drug-likeness (QED) is 0.726. The summed E-state index contributed by atoms with van der Waals surface area (Å²) in [5.41, 5.74) is 6.69. The predicted octanol–water partition coefficient (Wildman–Crippen LogP) is 2.78. The number of nitrogens with one attached hydrogen (secondary N) is 1. The predicted molar refractivity (Wildman–Crippen MR) is 69.5 cm³/mol. The van der Waals surface area contributed by atoms with Crippen LogP contribution in [-0.2, 0) is 0 Å². The first-order valence-electron chi connectivity index (χ1n) is 5.16. The summed E-state index contributed by atoms with van der Waals surface area (Å²) in [6, 6.07) is 13.7. The fourth-order valence-corrected chi connectivity index (χ4v) is 2.28. The van der Waals surface area contributed by atoms with Crippen molar-refractivity contribution in [2.45, 2.75) is 0 Å². The van der Waals surface area contributed by atoms with E-state index in [1.54, 1.807) is 0 Å². The second-order valence-corrected chi connectivity index (χ2v) is 4.69. The molecule has 1 aromatic carbocycles. The Kier molecular flexibility index (Phi) is 2.38. The molecule has 17 heavy (non-hydrogen) atoms. The van der Waals surface area contributed by atoms with E-state index in [9.17, 15) is 0 Å². The third-order valence-electron chi connectivity index (χ3n) is 2.38. The van der Waals surface area contributed by atoms with E-state index in [-0.39, 0.29) is 0 Å². The first kappa shape index (κ1) is 10.0. The molecule has 0 unspecified atom stereocenters. The third-order valence-corrected chi connectivity index (χ3v) is 3.30. The SMILES string of the molecule is Nc1ccc(-c2nc(-c3ccccc3)n[nH]2)s1. The van der Waals surface area contributed by atoms with Crippen LogP contribution < -0.4 is 5.73 Å². The van der Waals surface area contributed by atoms with Crippen LogP contribution in [0.4, 0.5) is 5.00 Å². The van der Waals surface area contributed by atoms with Gasteiger partial charge in [-0.3, -0.25) is 5.10 Å². The molecule has 5 heteroatoms. The van der Waals surface area contributed by atoms with Gasteiger partial charge < -0.3 is 5.73 Å². The molecule has 84 valence electrons. The molecule has 0 fully saturated rings. The van der Waals surface area contributed by atoms with E-state index in [0.29, 0.717) is 5.82 Å². The fraction of sp³-hybridized carbons (Fsp3) is 0. The zero-order valence-electron chi connectivity index (χ0n) is 8.92. The largest absolute Gasteiger partial charge is 0.391 e. The van der Waals surface area contributed by atoms with Gasteiger partial charge >= 0.3 is 0 Å². The number of benzene rings is 1. The molecule has 0 spiro atoms. The van der Waals surface area contributed by atoms with Crippen molar-refractivity contribution in [1.29, 1.82) is 0 Å². The lowest BCUT2D eigenvalue weighted by molar-refractivity contribution is 1.10. The van der Waals surface area contributed by atoms with Crippen molar-refractivity contribution in [2.75, 3.05) is 5.73 Å². The minimum absolute atomic E-state index is 0.701. The highest BCUT2D eigenvalue weighted by atomic mass is 32.1. The van der Waals surface area contributed by atoms with E-state index in [1.165, 1.54) is 11.3 Å². The van der Waals surface area contributed by atoms with Crippen LogP contribution in [0.1, 0.15) is 0 Å². The summed E-state index contributed by atoms with van der Waals surface area (Å²) in [5, 5.41) is 7.91. The molecule has 3 rings (SSSR count). The standard InChI is InChI=1S/C12H10N4S/c13-10-7-6-9(17-10)12-14-11(15-16-12)8-4-2-1-3-5-8/h1-7H,13H2,(H,14,15,16). The summed E-state index contributed by atoms with van der Waals surface area (Å²) in [6.07, 6.45) is 0. The van der Waals surface area contributed by atoms with Crippen LogP contribution in [0.3, 0.4) is 0 Å². The van der Waals surface area contributed by atoms with E-state index in [0.717, 1.165) is 21.3 Å². The normalized spacial score (nSPS) is 10.6. The molecule has 2 heterocycles. The Hall–Kier alpha value is -2.14. The van der Waals surface area contributed by atoms with Gasteiger partial charge in [-0.05, 0) is 12.1 Å². The molecule has 0 atom stereocenters. The summed E-state index contributed by atoms with van der Waals surface area (Å²) in [7, 11) is 0. The molecule has 0 aliphatic heterocycles. The summed E-state index contributed by atoms with van der Waals surface area (Å²) in [6.45, 7) is 0. The molecule has 0 bridgehead atoms. The zero-order valence-corrected chi connectivity index (χ0v) is 9.74. The number of aromatic nitrogens is 3. The van der Waals surface area contributed by atoms with Crippen molar-refractivity contribution in [1.82, 2.24) is 15.2 Å². The number of aromatic amines is 1. The lowest BCUT2D eigenvalue weighted by Crippen LogP contribution is -1.78. The second-order valence-electron chi connectivity index (χ2n) is 3.58. The van der Waals surface area contributed by atoms with E-state index in [1.807, 2.05) is 42.5 Å². The molecule has 0 amide bonds. The number of nitrogens with two attached hydrogens (primary N) is 1. The molecule has 0 saturated heterocycles. The molecule has 4 nitrogen and oxygen atoms in total. The van der Waals surface area contributed by atoms with Crippen molar-refractivity contribution in [3.05, 3.63) is 42.5 Å². The number of rotatable bonds is 2. The van der Waals surface area contributed by atoms with Crippen LogP contribution in [-0.4, -0.2) is 15.2 Å². The zero-order chi connectivity index (χ0) is 11.7. The van der Waals surface area contributed by atoms with Crippen molar-refractivity contribution in [2.24, 2.45) is 0 Å². The topological polar surface area (TPSA) is 67.6 Å². The lowest BCUT2D eigenvalue weighted by atomic mass is 10.2. The molecule has 3 aromatic rings. The van der Waals surface area contributed by atoms with Gasteiger partial charge in [-0.15, -0.1) is 11.3 Å². The molecule has 3 N–H and O–H groups in total. The smallest absolute Gasteiger partial charge is 0.181 e. The van der Waals surface area contributed by atoms with Crippen LogP contribution in [0.15, 0.2) is 42.5 Å². The highest BCUT2D eigenvalue weighted by molar-refractivity contribution is 7.19. The van der Waals surface area contributed by atoms with Gasteiger partial charge in [0.15, 0.2) is 11.6 Å². The second kappa shape index (κ2) is 4.03. The summed E-state index contributed by atoms with van der Waals surface area (Å²) < 4.78 is 0. The maximum Gasteiger partial charge on any atom is 0.181 e. The van der Waals surface area contributed by atoms with Gasteiger partial charge in [0.2, 0.25) is 0 Å². The van der Waals surface area contributed by atoms with Gasteiger partial charge in [0.1, 0.15) is 0 Å². The Morgan fingerprint density at radius 2 is 1.88 bits per heavy atom. The van der Waals surface area contributed by atoms with E-state index in [2.05, 4.69) is 15.2 Å². The monoisotopic (exact) mass is 242 g/mol. The third kappa shape index (κ3) is 1.92. The average molecular weight is 242 g/mol. The highest BCUT2D eigenvalue weighted by Crippen LogP contribution is 2.27. The lowest BCUT2D eigenvalue weighted by Gasteiger charge is -1.91. The minimum atomic E-state index is 0.701. The Morgan fingerprint density at radius 3 is 2.59 bits per heavy atom. The van der Waals surface area contributed by atoms with Crippen LogP contribution >= 0.6 is 11.3 Å². The minimum Gasteiger partial charge on any atom is -0.391 e. The fourth-order valence-electron chi connectivity index (χ4n) is 1.57. The van der Waals surface area contributed by atoms with Crippen LogP contribution in [0.2, 0.25) is 0 Å². The van der Waals surface area contributed by atoms with Crippen LogP contribution in [0.5, 0.6) is 0 Å². The number of hydrogen-bond donors (Lipinski definition) is 2. The van der Waals surface area contributed by atoms with Gasteiger partial charge in [0.05, 0.1) is 9.88 Å². The number of nitrogen functional groups attached to an aromatic ring is 1. The molecule has 0 aliphatic rings. The summed E-state index contributed by atoms with van der Waals surface area (Å²) >= 11 is 1.49. The van der Waals surface area contributed by atoms with Gasteiger partial charge in [-0.1, -0.05) is 30.3 Å². The summed E-state index contributed by atoms with van der Waals surface area (Å²) in [4.78, 5) is 5.45. The number of thiophene rings is 1. The van der Waals surface area contributed by atoms with Crippen LogP contribution in [0, 0.1) is 0 Å². The van der Waals surface area contributed by atoms with E-state index < -0.39 is 0 Å². The maximum atomic E-state index is 5.69. The van der Waals surface area contributed by atoms with Crippen LogP contribution in [0.25, 0.3) is 22.1 Å². The maximum absolute atomic E-state index is 5.69. The van der Waals surface area contributed by atoms with Gasteiger partial charge in [0.25, 0.3) is 0 Å². The van der Waals surface area contributed by atoms with Gasteiger partial charge in [-0.2, -0.15) is 5.10 Å². The number of H-pyrrole nitrogens is 1. The van der Waals surface area contributed by atoms with E-state index in [4.69, 9.17) is 5.73 Å². The van der Waals surface area contributed by atoms with Gasteiger partial charge in [0, 0.05) is 5.56 Å². The first-order chi connectivity index (χ1) is 8.33. The molecular weight excluding hydrogens is 232 g/mol. The Labute approximate surface area is 102 Å².